The van der Waals surface area contributed by atoms with Crippen molar-refractivity contribution in [3.63, 3.8) is 0 Å². The highest BCUT2D eigenvalue weighted by Crippen LogP contribution is 2.41. The van der Waals surface area contributed by atoms with E-state index in [4.69, 9.17) is 14.1 Å². The molecule has 0 spiro atoms. The number of carbonyl (C=O) groups is 1. The maximum Gasteiger partial charge on any atom is 0.305 e. The number of rotatable bonds is 5. The first kappa shape index (κ1) is 18.3. The van der Waals surface area contributed by atoms with Crippen molar-refractivity contribution in [2.24, 2.45) is 0 Å². The van der Waals surface area contributed by atoms with Crippen molar-refractivity contribution in [3.05, 3.63) is 34.6 Å². The first-order valence-corrected chi connectivity index (χ1v) is 10.5. The number of carbonyl (C=O) groups excluding carboxylic acids is 1. The summed E-state index contributed by atoms with van der Waals surface area (Å²) in [7, 11) is 0. The van der Waals surface area contributed by atoms with Crippen LogP contribution in [-0.4, -0.2) is 27.2 Å². The summed E-state index contributed by atoms with van der Waals surface area (Å²) in [6, 6.07) is 3.28. The van der Waals surface area contributed by atoms with Crippen LogP contribution in [0.2, 0.25) is 0 Å². The predicted octanol–water partition coefficient (Wildman–Crippen LogP) is 4.00. The molecule has 0 atom stereocenters. The molecule has 142 valence electrons. The van der Waals surface area contributed by atoms with Crippen molar-refractivity contribution in [1.82, 2.24) is 15.4 Å². The van der Waals surface area contributed by atoms with Crippen LogP contribution in [-0.2, 0) is 17.8 Å². The Kier molecular flexibility index (Phi) is 4.83. The molecule has 27 heavy (non-hydrogen) atoms. The lowest BCUT2D eigenvalue weighted by atomic mass is 9.94. The molecule has 0 unspecified atom stereocenters. The molecule has 3 aromatic rings. The molecule has 1 aliphatic heterocycles. The van der Waals surface area contributed by atoms with Crippen molar-refractivity contribution in [2.45, 2.75) is 44.6 Å². The summed E-state index contributed by atoms with van der Waals surface area (Å²) >= 11 is 3.19. The Bertz CT molecular complexity index is 982. The normalized spacial score (nSPS) is 15.5. The third kappa shape index (κ3) is 3.67. The molecular weight excluding hydrogens is 384 g/mol. The molecule has 0 bridgehead atoms. The Morgan fingerprint density at radius 2 is 2.26 bits per heavy atom. The Labute approximate surface area is 164 Å². The van der Waals surface area contributed by atoms with E-state index in [1.807, 2.05) is 0 Å². The van der Waals surface area contributed by atoms with E-state index in [0.717, 1.165) is 27.3 Å². The van der Waals surface area contributed by atoms with E-state index in [1.54, 1.807) is 35.2 Å². The summed E-state index contributed by atoms with van der Waals surface area (Å²) in [5.41, 5.74) is 6.60. The van der Waals surface area contributed by atoms with E-state index in [2.05, 4.69) is 36.6 Å². The number of nitrogens with zero attached hydrogens (tertiary/aromatic N) is 2. The molecule has 0 saturated heterocycles. The summed E-state index contributed by atoms with van der Waals surface area (Å²) in [6.45, 7) is 6.78. The van der Waals surface area contributed by atoms with E-state index < -0.39 is 0 Å². The molecule has 4 heterocycles. The third-order valence-electron chi connectivity index (χ3n) is 4.22. The number of thioether (sulfide) groups is 1. The maximum absolute atomic E-state index is 12.2. The van der Waals surface area contributed by atoms with Gasteiger partial charge in [0.15, 0.2) is 16.7 Å². The van der Waals surface area contributed by atoms with Crippen LogP contribution in [0, 0.1) is 0 Å². The van der Waals surface area contributed by atoms with Crippen LogP contribution < -0.4 is 10.9 Å². The van der Waals surface area contributed by atoms with E-state index in [-0.39, 0.29) is 17.3 Å². The monoisotopic (exact) mass is 404 g/mol. The van der Waals surface area contributed by atoms with Gasteiger partial charge in [-0.1, -0.05) is 18.7 Å². The molecule has 0 saturated carbocycles. The zero-order valence-corrected chi connectivity index (χ0v) is 16.9. The van der Waals surface area contributed by atoms with Crippen LogP contribution in [0.1, 0.15) is 41.8 Å². The fourth-order valence-electron chi connectivity index (χ4n) is 2.99. The van der Waals surface area contributed by atoms with Crippen LogP contribution in [0.15, 0.2) is 28.0 Å². The van der Waals surface area contributed by atoms with Crippen LogP contribution in [0.25, 0.3) is 10.2 Å². The fourth-order valence-corrected chi connectivity index (χ4v) is 4.73. The number of hydrazine groups is 1. The van der Waals surface area contributed by atoms with E-state index in [1.165, 1.54) is 11.8 Å². The van der Waals surface area contributed by atoms with Gasteiger partial charge in [0.2, 0.25) is 0 Å². The molecule has 0 aliphatic carbocycles. The molecule has 9 heteroatoms. The standard InChI is InChI=1S/C18H20N4O3S2/c1-4-26-17-19-14(21-22-15(23)11-6-5-7-24-11)13-10-8-18(2,3)25-9-12(10)27-16(13)20-17/h5-7H,4,8-9H2,1-3H3,(H,22,23)(H,19,20,21). The quantitative estimate of drug-likeness (QED) is 0.377. The molecule has 0 fully saturated rings. The van der Waals surface area contributed by atoms with Gasteiger partial charge in [-0.25, -0.2) is 9.97 Å². The number of amides is 1. The number of nitrogens with one attached hydrogen (secondary N) is 2. The topological polar surface area (TPSA) is 89.3 Å². The average Bonchev–Trinajstić information content (AvgIpc) is 3.26. The Morgan fingerprint density at radius 3 is 3.00 bits per heavy atom. The van der Waals surface area contributed by atoms with Gasteiger partial charge in [-0.2, -0.15) is 0 Å². The number of thiophene rings is 1. The maximum atomic E-state index is 12.2. The second kappa shape index (κ2) is 7.14. The Balaban J connectivity index is 1.72. The van der Waals surface area contributed by atoms with Crippen molar-refractivity contribution in [3.8, 4) is 0 Å². The second-order valence-corrected chi connectivity index (χ2v) is 9.07. The van der Waals surface area contributed by atoms with Crippen molar-refractivity contribution < 1.29 is 13.9 Å². The van der Waals surface area contributed by atoms with Gasteiger partial charge in [0.1, 0.15) is 4.83 Å². The smallest absolute Gasteiger partial charge is 0.305 e. The summed E-state index contributed by atoms with van der Waals surface area (Å²) in [5, 5.41) is 1.63. The van der Waals surface area contributed by atoms with Crippen LogP contribution in [0.5, 0.6) is 0 Å². The fraction of sp³-hybridized carbons (Fsp3) is 0.389. The van der Waals surface area contributed by atoms with Gasteiger partial charge in [0.25, 0.3) is 0 Å². The number of aromatic nitrogens is 2. The van der Waals surface area contributed by atoms with Crippen LogP contribution in [0.3, 0.4) is 0 Å². The van der Waals surface area contributed by atoms with Gasteiger partial charge in [0, 0.05) is 11.3 Å². The van der Waals surface area contributed by atoms with Crippen molar-refractivity contribution in [2.75, 3.05) is 11.2 Å². The van der Waals surface area contributed by atoms with Crippen molar-refractivity contribution >= 4 is 45.0 Å². The van der Waals surface area contributed by atoms with E-state index in [9.17, 15) is 4.79 Å². The highest BCUT2D eigenvalue weighted by atomic mass is 32.2. The lowest BCUT2D eigenvalue weighted by Crippen LogP contribution is -2.32. The number of hydrogen-bond acceptors (Lipinski definition) is 8. The highest BCUT2D eigenvalue weighted by Gasteiger charge is 2.31. The highest BCUT2D eigenvalue weighted by molar-refractivity contribution is 7.99. The SMILES string of the molecule is CCSc1nc(NNC(=O)c2ccco2)c2c3c(sc2n1)COC(C)(C)C3. The lowest BCUT2D eigenvalue weighted by molar-refractivity contribution is -0.0379. The minimum absolute atomic E-state index is 0.234. The predicted molar refractivity (Wildman–Crippen MR) is 106 cm³/mol. The van der Waals surface area contributed by atoms with Gasteiger partial charge in [-0.05, 0) is 37.3 Å². The van der Waals surface area contributed by atoms with Gasteiger partial charge in [-0.3, -0.25) is 15.6 Å². The van der Waals surface area contributed by atoms with Gasteiger partial charge < -0.3 is 9.15 Å². The largest absolute Gasteiger partial charge is 0.459 e. The number of fused-ring (bicyclic) bond motifs is 3. The summed E-state index contributed by atoms with van der Waals surface area (Å²) < 4.78 is 11.1. The van der Waals surface area contributed by atoms with Crippen molar-refractivity contribution in [1.29, 1.82) is 0 Å². The summed E-state index contributed by atoms with van der Waals surface area (Å²) in [6.07, 6.45) is 2.23. The number of hydrogen-bond donors (Lipinski definition) is 2. The van der Waals surface area contributed by atoms with E-state index >= 15 is 0 Å². The lowest BCUT2D eigenvalue weighted by Gasteiger charge is -2.30. The van der Waals surface area contributed by atoms with Gasteiger partial charge in [-0.15, -0.1) is 11.3 Å². The zero-order chi connectivity index (χ0) is 19.0. The Morgan fingerprint density at radius 1 is 1.41 bits per heavy atom. The molecular formula is C18H20N4O3S2. The summed E-state index contributed by atoms with van der Waals surface area (Å²) in [5.74, 6) is 1.35. The summed E-state index contributed by atoms with van der Waals surface area (Å²) in [4.78, 5) is 23.6. The van der Waals surface area contributed by atoms with Gasteiger partial charge >= 0.3 is 5.91 Å². The molecule has 2 N–H and O–H groups in total. The van der Waals surface area contributed by atoms with Crippen LogP contribution >= 0.6 is 23.1 Å². The minimum Gasteiger partial charge on any atom is -0.459 e. The molecule has 4 rings (SSSR count). The zero-order valence-electron chi connectivity index (χ0n) is 15.3. The molecule has 7 nitrogen and oxygen atoms in total. The first-order valence-electron chi connectivity index (χ1n) is 8.66. The Hall–Kier alpha value is -2.10. The molecule has 1 amide bonds. The number of ether oxygens (including phenoxy) is 1. The molecule has 0 aromatic carbocycles. The molecule has 1 aliphatic rings. The van der Waals surface area contributed by atoms with E-state index in [0.29, 0.717) is 17.6 Å². The second-order valence-electron chi connectivity index (χ2n) is 6.75. The van der Waals surface area contributed by atoms with Crippen LogP contribution in [0.4, 0.5) is 5.82 Å². The first-order chi connectivity index (χ1) is 13.0. The third-order valence-corrected chi connectivity index (χ3v) is 6.05. The van der Waals surface area contributed by atoms with Gasteiger partial charge in [0.05, 0.1) is 23.9 Å². The average molecular weight is 405 g/mol. The molecule has 3 aromatic heterocycles. The number of furan rings is 1. The minimum atomic E-state index is -0.357. The molecule has 0 radical (unpaired) electrons. The number of anilines is 1.